The highest BCUT2D eigenvalue weighted by Crippen LogP contribution is 2.30. The molecule has 0 aromatic carbocycles. The molecule has 1 unspecified atom stereocenters. The molecule has 62 valence electrons. The molecule has 0 saturated heterocycles. The van der Waals surface area contributed by atoms with Crippen LogP contribution in [-0.4, -0.2) is 5.78 Å². The van der Waals surface area contributed by atoms with E-state index in [0.717, 1.165) is 0 Å². The zero-order chi connectivity index (χ0) is 9.19. The summed E-state index contributed by atoms with van der Waals surface area (Å²) in [5.74, 6) is 0.111. The van der Waals surface area contributed by atoms with Crippen LogP contribution in [0.5, 0.6) is 0 Å². The number of hydrogen-bond acceptors (Lipinski definition) is 2. The van der Waals surface area contributed by atoms with E-state index >= 15 is 0 Å². The van der Waals surface area contributed by atoms with Gasteiger partial charge in [0.15, 0.2) is 0 Å². The van der Waals surface area contributed by atoms with E-state index in [1.807, 2.05) is 19.1 Å². The molecule has 2 heteroatoms. The Morgan fingerprint density at radius 2 is 2.42 bits per heavy atom. The van der Waals surface area contributed by atoms with Crippen molar-refractivity contribution in [1.29, 1.82) is 5.26 Å². The molecule has 0 bridgehead atoms. The standard InChI is InChI=1S/C10H11NO/c1-8(12)10(2)5-3-4-9(6-10)7-11/h3-4,6H,5H2,1-2H3. The van der Waals surface area contributed by atoms with E-state index in [1.165, 1.54) is 0 Å². The van der Waals surface area contributed by atoms with Gasteiger partial charge >= 0.3 is 0 Å². The van der Waals surface area contributed by atoms with Gasteiger partial charge in [0.1, 0.15) is 5.78 Å². The van der Waals surface area contributed by atoms with Gasteiger partial charge in [0.2, 0.25) is 0 Å². The molecule has 0 N–H and O–H groups in total. The summed E-state index contributed by atoms with van der Waals surface area (Å²) >= 11 is 0. The van der Waals surface area contributed by atoms with Crippen LogP contribution in [-0.2, 0) is 4.79 Å². The van der Waals surface area contributed by atoms with E-state index in [1.54, 1.807) is 19.1 Å². The largest absolute Gasteiger partial charge is 0.299 e. The van der Waals surface area contributed by atoms with Crippen molar-refractivity contribution in [3.63, 3.8) is 0 Å². The topological polar surface area (TPSA) is 40.9 Å². The van der Waals surface area contributed by atoms with Crippen molar-refractivity contribution >= 4 is 5.78 Å². The molecule has 1 rings (SSSR count). The Kier molecular flexibility index (Phi) is 2.14. The Morgan fingerprint density at radius 3 is 2.92 bits per heavy atom. The third-order valence-electron chi connectivity index (χ3n) is 2.25. The first-order chi connectivity index (χ1) is 5.58. The van der Waals surface area contributed by atoms with Gasteiger partial charge < -0.3 is 0 Å². The van der Waals surface area contributed by atoms with Gasteiger partial charge in [-0.15, -0.1) is 0 Å². The molecule has 1 aliphatic rings. The third-order valence-corrected chi connectivity index (χ3v) is 2.25. The van der Waals surface area contributed by atoms with Crippen molar-refractivity contribution in [2.75, 3.05) is 0 Å². The lowest BCUT2D eigenvalue weighted by Gasteiger charge is -2.23. The minimum absolute atomic E-state index is 0.111. The second-order valence-electron chi connectivity index (χ2n) is 3.29. The molecule has 0 heterocycles. The Bertz CT molecular complexity index is 306. The maximum Gasteiger partial charge on any atom is 0.139 e. The molecule has 0 aliphatic heterocycles. The molecule has 0 saturated carbocycles. The number of nitrogens with zero attached hydrogens (tertiary/aromatic N) is 1. The summed E-state index contributed by atoms with van der Waals surface area (Å²) in [6.45, 7) is 3.42. The maximum atomic E-state index is 11.2. The number of carbonyl (C=O) groups excluding carboxylic acids is 1. The van der Waals surface area contributed by atoms with Gasteiger partial charge in [-0.25, -0.2) is 0 Å². The van der Waals surface area contributed by atoms with Crippen molar-refractivity contribution in [1.82, 2.24) is 0 Å². The Hall–Kier alpha value is -1.36. The predicted molar refractivity (Wildman–Crippen MR) is 46.2 cm³/mol. The van der Waals surface area contributed by atoms with Gasteiger partial charge in [-0.2, -0.15) is 5.26 Å². The summed E-state index contributed by atoms with van der Waals surface area (Å²) in [5.41, 5.74) is 0.124. The van der Waals surface area contributed by atoms with E-state index in [-0.39, 0.29) is 5.78 Å². The van der Waals surface area contributed by atoms with Crippen LogP contribution in [0.15, 0.2) is 23.8 Å². The fourth-order valence-corrected chi connectivity index (χ4v) is 1.20. The monoisotopic (exact) mass is 161 g/mol. The SMILES string of the molecule is CC(=O)C1(C)C=C(C#N)C=CC1. The first-order valence-corrected chi connectivity index (χ1v) is 3.89. The maximum absolute atomic E-state index is 11.2. The van der Waals surface area contributed by atoms with Crippen LogP contribution in [0.4, 0.5) is 0 Å². The number of nitriles is 1. The fraction of sp³-hybridized carbons (Fsp3) is 0.400. The Morgan fingerprint density at radius 1 is 1.75 bits per heavy atom. The summed E-state index contributed by atoms with van der Waals surface area (Å²) in [7, 11) is 0. The average molecular weight is 161 g/mol. The second kappa shape index (κ2) is 2.94. The number of rotatable bonds is 1. The van der Waals surface area contributed by atoms with Crippen LogP contribution in [0.1, 0.15) is 20.3 Å². The lowest BCUT2D eigenvalue weighted by Crippen LogP contribution is -2.24. The molecule has 0 fully saturated rings. The van der Waals surface area contributed by atoms with Gasteiger partial charge in [0.05, 0.1) is 6.07 Å². The van der Waals surface area contributed by atoms with Gasteiger partial charge in [0.25, 0.3) is 0 Å². The molecule has 0 radical (unpaired) electrons. The van der Waals surface area contributed by atoms with Gasteiger partial charge in [0, 0.05) is 11.0 Å². The van der Waals surface area contributed by atoms with Crippen LogP contribution in [0.3, 0.4) is 0 Å². The van der Waals surface area contributed by atoms with E-state index in [9.17, 15) is 4.79 Å². The zero-order valence-electron chi connectivity index (χ0n) is 7.29. The fourth-order valence-electron chi connectivity index (χ4n) is 1.20. The first-order valence-electron chi connectivity index (χ1n) is 3.89. The van der Waals surface area contributed by atoms with Crippen LogP contribution in [0.25, 0.3) is 0 Å². The van der Waals surface area contributed by atoms with Gasteiger partial charge in [-0.3, -0.25) is 4.79 Å². The van der Waals surface area contributed by atoms with E-state index < -0.39 is 5.41 Å². The van der Waals surface area contributed by atoms with Crippen molar-refractivity contribution in [3.05, 3.63) is 23.8 Å². The first kappa shape index (κ1) is 8.73. The van der Waals surface area contributed by atoms with Crippen molar-refractivity contribution in [3.8, 4) is 6.07 Å². The van der Waals surface area contributed by atoms with Crippen LogP contribution < -0.4 is 0 Å². The van der Waals surface area contributed by atoms with Crippen molar-refractivity contribution < 1.29 is 4.79 Å². The van der Waals surface area contributed by atoms with Crippen LogP contribution in [0, 0.1) is 16.7 Å². The summed E-state index contributed by atoms with van der Waals surface area (Å²) in [5, 5.41) is 8.62. The molecular weight excluding hydrogens is 150 g/mol. The van der Waals surface area contributed by atoms with Crippen LogP contribution >= 0.6 is 0 Å². The van der Waals surface area contributed by atoms with Gasteiger partial charge in [-0.1, -0.05) is 12.2 Å². The molecule has 0 aromatic heterocycles. The highest BCUT2D eigenvalue weighted by atomic mass is 16.1. The zero-order valence-corrected chi connectivity index (χ0v) is 7.29. The number of carbonyl (C=O) groups is 1. The average Bonchev–Trinajstić information content (AvgIpc) is 2.04. The highest BCUT2D eigenvalue weighted by Gasteiger charge is 2.28. The third kappa shape index (κ3) is 1.45. The Labute approximate surface area is 72.2 Å². The number of hydrogen-bond donors (Lipinski definition) is 0. The number of Topliss-reactive ketones (excluding diaryl/α,β-unsaturated/α-hetero) is 1. The Balaban J connectivity index is 3.00. The second-order valence-corrected chi connectivity index (χ2v) is 3.29. The smallest absolute Gasteiger partial charge is 0.139 e. The molecule has 0 amide bonds. The molecule has 1 atom stereocenters. The minimum Gasteiger partial charge on any atom is -0.299 e. The summed E-state index contributed by atoms with van der Waals surface area (Å²) in [4.78, 5) is 11.2. The molecule has 1 aliphatic carbocycles. The van der Waals surface area contributed by atoms with E-state index in [0.29, 0.717) is 12.0 Å². The van der Waals surface area contributed by atoms with E-state index in [4.69, 9.17) is 5.26 Å². The molecule has 2 nitrogen and oxygen atoms in total. The number of ketones is 1. The number of allylic oxidation sites excluding steroid dienone is 4. The minimum atomic E-state index is -0.459. The molecular formula is C10H11NO. The molecule has 0 aromatic rings. The van der Waals surface area contributed by atoms with Gasteiger partial charge in [-0.05, 0) is 26.3 Å². The summed E-state index contributed by atoms with van der Waals surface area (Å²) in [6, 6.07) is 2.04. The van der Waals surface area contributed by atoms with Crippen molar-refractivity contribution in [2.24, 2.45) is 5.41 Å². The highest BCUT2D eigenvalue weighted by molar-refractivity contribution is 5.85. The van der Waals surface area contributed by atoms with Crippen molar-refractivity contribution in [2.45, 2.75) is 20.3 Å². The lowest BCUT2D eigenvalue weighted by molar-refractivity contribution is -0.123. The quantitative estimate of drug-likeness (QED) is 0.590. The van der Waals surface area contributed by atoms with Crippen LogP contribution in [0.2, 0.25) is 0 Å². The predicted octanol–water partition coefficient (Wildman–Crippen LogP) is 1.99. The normalized spacial score (nSPS) is 27.6. The van der Waals surface area contributed by atoms with E-state index in [2.05, 4.69) is 0 Å². The summed E-state index contributed by atoms with van der Waals surface area (Å²) < 4.78 is 0. The molecule has 12 heavy (non-hydrogen) atoms. The molecule has 0 spiro atoms. The lowest BCUT2D eigenvalue weighted by atomic mass is 9.78. The summed E-state index contributed by atoms with van der Waals surface area (Å²) in [6.07, 6.45) is 6.08.